The van der Waals surface area contributed by atoms with Gasteiger partial charge in [0.25, 0.3) is 0 Å². The van der Waals surface area contributed by atoms with Crippen molar-refractivity contribution in [2.75, 3.05) is 0 Å². The summed E-state index contributed by atoms with van der Waals surface area (Å²) in [5, 5.41) is 13.2. The first kappa shape index (κ1) is 12.3. The highest BCUT2D eigenvalue weighted by atomic mass is 16.5. The smallest absolute Gasteiger partial charge is 0.341 e. The fraction of sp³-hybridized carbons (Fsp3) is 0.417. The third-order valence-corrected chi connectivity index (χ3v) is 2.65. The Labute approximate surface area is 104 Å². The van der Waals surface area contributed by atoms with Gasteiger partial charge in [-0.1, -0.05) is 25.9 Å². The van der Waals surface area contributed by atoms with E-state index in [0.29, 0.717) is 17.1 Å². The third-order valence-electron chi connectivity index (χ3n) is 2.65. The van der Waals surface area contributed by atoms with Crippen LogP contribution in [0.3, 0.4) is 0 Å². The van der Waals surface area contributed by atoms with Gasteiger partial charge in [-0.15, -0.1) is 0 Å². The fourth-order valence-electron chi connectivity index (χ4n) is 1.76. The molecule has 0 radical (unpaired) electrons. The Balaban J connectivity index is 2.68. The molecule has 2 aromatic heterocycles. The van der Waals surface area contributed by atoms with Crippen molar-refractivity contribution in [2.45, 2.75) is 26.2 Å². The van der Waals surface area contributed by atoms with E-state index in [1.807, 2.05) is 20.8 Å². The molecular weight excluding hydrogens is 234 g/mol. The standard InChI is InChI=1S/C12H15N3O3/c1-12(2,3)10-8(11(16)17)9(14-18-10)7-5-13-6-15(7)4/h5-6H,1-4H3,(H,16,17). The first-order chi connectivity index (χ1) is 8.32. The minimum atomic E-state index is -1.04. The second kappa shape index (κ2) is 3.97. The van der Waals surface area contributed by atoms with Crippen LogP contribution in [0.2, 0.25) is 0 Å². The number of nitrogens with zero attached hydrogens (tertiary/aromatic N) is 3. The molecule has 0 bridgehead atoms. The summed E-state index contributed by atoms with van der Waals surface area (Å²) in [7, 11) is 1.78. The number of aromatic nitrogens is 3. The van der Waals surface area contributed by atoms with Gasteiger partial charge in [0.1, 0.15) is 11.3 Å². The van der Waals surface area contributed by atoms with Crippen LogP contribution in [0.1, 0.15) is 36.9 Å². The highest BCUT2D eigenvalue weighted by Gasteiger charge is 2.32. The zero-order chi connectivity index (χ0) is 13.5. The summed E-state index contributed by atoms with van der Waals surface area (Å²) in [4.78, 5) is 15.4. The molecule has 0 aromatic carbocycles. The molecule has 0 saturated heterocycles. The van der Waals surface area contributed by atoms with Crippen molar-refractivity contribution in [2.24, 2.45) is 7.05 Å². The lowest BCUT2D eigenvalue weighted by Gasteiger charge is -2.14. The molecule has 0 amide bonds. The van der Waals surface area contributed by atoms with Crippen LogP contribution in [0.25, 0.3) is 11.4 Å². The van der Waals surface area contributed by atoms with Crippen LogP contribution >= 0.6 is 0 Å². The van der Waals surface area contributed by atoms with Crippen molar-refractivity contribution in [1.82, 2.24) is 14.7 Å². The Morgan fingerprint density at radius 1 is 1.44 bits per heavy atom. The molecule has 0 fully saturated rings. The monoisotopic (exact) mass is 249 g/mol. The Morgan fingerprint density at radius 3 is 2.56 bits per heavy atom. The molecule has 2 heterocycles. The fourth-order valence-corrected chi connectivity index (χ4v) is 1.76. The summed E-state index contributed by atoms with van der Waals surface area (Å²) < 4.78 is 6.93. The van der Waals surface area contributed by atoms with Gasteiger partial charge in [0.05, 0.1) is 18.2 Å². The number of aromatic carboxylic acids is 1. The lowest BCUT2D eigenvalue weighted by molar-refractivity contribution is 0.0692. The van der Waals surface area contributed by atoms with E-state index in [-0.39, 0.29) is 5.56 Å². The number of rotatable bonds is 2. The topological polar surface area (TPSA) is 81.2 Å². The Bertz CT molecular complexity index is 590. The largest absolute Gasteiger partial charge is 0.477 e. The van der Waals surface area contributed by atoms with Crippen molar-refractivity contribution in [3.8, 4) is 11.4 Å². The maximum Gasteiger partial charge on any atom is 0.341 e. The number of hydrogen-bond donors (Lipinski definition) is 1. The van der Waals surface area contributed by atoms with Crippen LogP contribution in [0.5, 0.6) is 0 Å². The van der Waals surface area contributed by atoms with Crippen LogP contribution in [-0.4, -0.2) is 25.8 Å². The highest BCUT2D eigenvalue weighted by molar-refractivity contribution is 5.95. The predicted octanol–water partition coefficient (Wildman–Crippen LogP) is 2.07. The SMILES string of the molecule is Cn1cncc1-c1noc(C(C)(C)C)c1C(=O)O. The number of imidazole rings is 1. The molecule has 2 rings (SSSR count). The van der Waals surface area contributed by atoms with Crippen molar-refractivity contribution in [3.05, 3.63) is 23.8 Å². The Hall–Kier alpha value is -2.11. The van der Waals surface area contributed by atoms with E-state index in [0.717, 1.165) is 0 Å². The lowest BCUT2D eigenvalue weighted by atomic mass is 9.89. The first-order valence-corrected chi connectivity index (χ1v) is 5.52. The average Bonchev–Trinajstić information content (AvgIpc) is 2.80. The molecule has 0 aliphatic carbocycles. The van der Waals surface area contributed by atoms with Crippen molar-refractivity contribution in [3.63, 3.8) is 0 Å². The summed E-state index contributed by atoms with van der Waals surface area (Å²) in [6.45, 7) is 5.65. The number of hydrogen-bond acceptors (Lipinski definition) is 4. The molecular formula is C12H15N3O3. The molecule has 6 heteroatoms. The first-order valence-electron chi connectivity index (χ1n) is 5.52. The zero-order valence-electron chi connectivity index (χ0n) is 10.8. The summed E-state index contributed by atoms with van der Waals surface area (Å²) in [5.74, 6) is -0.677. The van der Waals surface area contributed by atoms with Crippen molar-refractivity contribution < 1.29 is 14.4 Å². The van der Waals surface area contributed by atoms with Crippen LogP contribution in [0, 0.1) is 0 Å². The van der Waals surface area contributed by atoms with Crippen molar-refractivity contribution in [1.29, 1.82) is 0 Å². The second-order valence-electron chi connectivity index (χ2n) is 5.18. The molecule has 0 unspecified atom stereocenters. The van der Waals surface area contributed by atoms with E-state index in [1.54, 1.807) is 24.1 Å². The van der Waals surface area contributed by atoms with Gasteiger partial charge in [-0.25, -0.2) is 9.78 Å². The minimum Gasteiger partial charge on any atom is -0.477 e. The minimum absolute atomic E-state index is 0.103. The maximum absolute atomic E-state index is 11.4. The molecule has 0 spiro atoms. The number of carboxylic acid groups (broad SMARTS) is 1. The van der Waals surface area contributed by atoms with E-state index >= 15 is 0 Å². The van der Waals surface area contributed by atoms with E-state index in [9.17, 15) is 9.90 Å². The second-order valence-corrected chi connectivity index (χ2v) is 5.18. The van der Waals surface area contributed by atoms with Gasteiger partial charge in [-0.05, 0) is 0 Å². The summed E-state index contributed by atoms with van der Waals surface area (Å²) >= 11 is 0. The molecule has 18 heavy (non-hydrogen) atoms. The van der Waals surface area contributed by atoms with Gasteiger partial charge < -0.3 is 14.2 Å². The van der Waals surface area contributed by atoms with Gasteiger partial charge in [-0.2, -0.15) is 0 Å². The Kier molecular flexibility index (Phi) is 2.73. The van der Waals surface area contributed by atoms with Gasteiger partial charge >= 0.3 is 5.97 Å². The van der Waals surface area contributed by atoms with Crippen LogP contribution in [0.15, 0.2) is 17.0 Å². The number of carboxylic acids is 1. The molecule has 0 aliphatic rings. The van der Waals surface area contributed by atoms with Gasteiger partial charge in [0.15, 0.2) is 5.76 Å². The van der Waals surface area contributed by atoms with E-state index in [2.05, 4.69) is 10.1 Å². The van der Waals surface area contributed by atoms with Crippen LogP contribution < -0.4 is 0 Å². The lowest BCUT2D eigenvalue weighted by Crippen LogP contribution is -2.15. The highest BCUT2D eigenvalue weighted by Crippen LogP contribution is 2.32. The summed E-state index contributed by atoms with van der Waals surface area (Å²) in [6.07, 6.45) is 3.16. The molecule has 2 aromatic rings. The average molecular weight is 249 g/mol. The van der Waals surface area contributed by atoms with E-state index in [1.165, 1.54) is 0 Å². The van der Waals surface area contributed by atoms with Gasteiger partial charge in [0.2, 0.25) is 0 Å². The number of aryl methyl sites for hydroxylation is 1. The van der Waals surface area contributed by atoms with E-state index < -0.39 is 11.4 Å². The molecule has 0 saturated carbocycles. The molecule has 1 N–H and O–H groups in total. The summed E-state index contributed by atoms with van der Waals surface area (Å²) in [6, 6.07) is 0. The third kappa shape index (κ3) is 1.90. The normalized spacial score (nSPS) is 11.8. The van der Waals surface area contributed by atoms with Gasteiger partial charge in [0, 0.05) is 12.5 Å². The molecule has 96 valence electrons. The quantitative estimate of drug-likeness (QED) is 0.881. The predicted molar refractivity (Wildman–Crippen MR) is 64.4 cm³/mol. The van der Waals surface area contributed by atoms with Crippen LogP contribution in [0.4, 0.5) is 0 Å². The van der Waals surface area contributed by atoms with Crippen LogP contribution in [-0.2, 0) is 12.5 Å². The number of carbonyl (C=O) groups is 1. The van der Waals surface area contributed by atoms with Crippen molar-refractivity contribution >= 4 is 5.97 Å². The van der Waals surface area contributed by atoms with Gasteiger partial charge in [-0.3, -0.25) is 0 Å². The molecule has 6 nitrogen and oxygen atoms in total. The summed E-state index contributed by atoms with van der Waals surface area (Å²) in [5.41, 5.74) is 0.613. The Morgan fingerprint density at radius 2 is 2.11 bits per heavy atom. The molecule has 0 aliphatic heterocycles. The maximum atomic E-state index is 11.4. The van der Waals surface area contributed by atoms with E-state index in [4.69, 9.17) is 4.52 Å². The molecule has 0 atom stereocenters. The zero-order valence-corrected chi connectivity index (χ0v) is 10.8.